The van der Waals surface area contributed by atoms with Crippen molar-refractivity contribution in [2.75, 3.05) is 31.8 Å². The third-order valence-electron chi connectivity index (χ3n) is 7.94. The summed E-state index contributed by atoms with van der Waals surface area (Å²) in [5, 5.41) is 2.51. The highest BCUT2D eigenvalue weighted by Gasteiger charge is 2.39. The molecule has 2 atom stereocenters. The van der Waals surface area contributed by atoms with E-state index in [1.54, 1.807) is 51.1 Å². The van der Waals surface area contributed by atoms with Crippen molar-refractivity contribution in [3.05, 3.63) is 84.0 Å². The molecule has 2 aromatic carbocycles. The largest absolute Gasteiger partial charge is 0.490 e. The average molecular weight is 707 g/mol. The fourth-order valence-electron chi connectivity index (χ4n) is 5.40. The number of methoxy groups -OCH3 is 1. The number of aryl methyl sites for hydroxylation is 2. The lowest BCUT2D eigenvalue weighted by Crippen LogP contribution is -2.58. The summed E-state index contributed by atoms with van der Waals surface area (Å²) in [6.45, 7) is 8.87. The third kappa shape index (κ3) is 6.89. The topological polar surface area (TPSA) is 155 Å². The zero-order valence-electron chi connectivity index (χ0n) is 27.6. The fourth-order valence-corrected chi connectivity index (χ4v) is 6.75. The summed E-state index contributed by atoms with van der Waals surface area (Å²) in [5.74, 6) is -3.44. The first-order valence-electron chi connectivity index (χ1n) is 15.3. The maximum atomic E-state index is 14.2. The quantitative estimate of drug-likeness (QED) is 0.189. The predicted molar refractivity (Wildman–Crippen MR) is 184 cm³/mol. The van der Waals surface area contributed by atoms with Gasteiger partial charge in [-0.25, -0.2) is 14.6 Å². The molecule has 49 heavy (non-hydrogen) atoms. The second-order valence-corrected chi connectivity index (χ2v) is 12.4. The molecule has 2 aliphatic rings. The first kappa shape index (κ1) is 35.2. The van der Waals surface area contributed by atoms with Crippen LogP contribution >= 0.6 is 23.6 Å². The van der Waals surface area contributed by atoms with Gasteiger partial charge < -0.3 is 24.3 Å². The minimum atomic E-state index is -1.38. The van der Waals surface area contributed by atoms with Gasteiger partial charge >= 0.3 is 11.9 Å². The third-order valence-corrected chi connectivity index (χ3v) is 9.23. The minimum Gasteiger partial charge on any atom is -0.490 e. The number of aromatic nitrogens is 1. The highest BCUT2D eigenvalue weighted by Crippen LogP contribution is 2.36. The number of fused-ring (bicyclic) bond motifs is 1. The van der Waals surface area contributed by atoms with Gasteiger partial charge in [0.2, 0.25) is 11.8 Å². The summed E-state index contributed by atoms with van der Waals surface area (Å²) in [4.78, 5) is 72.3. The van der Waals surface area contributed by atoms with E-state index in [0.29, 0.717) is 16.9 Å². The second-order valence-electron chi connectivity index (χ2n) is 11.0. The van der Waals surface area contributed by atoms with Crippen LogP contribution in [0.15, 0.2) is 57.5 Å². The van der Waals surface area contributed by atoms with E-state index in [1.165, 1.54) is 22.7 Å². The van der Waals surface area contributed by atoms with E-state index < -0.39 is 41.3 Å². The molecule has 0 unspecified atom stereocenters. The van der Waals surface area contributed by atoms with Crippen LogP contribution in [0, 0.1) is 19.8 Å². The highest BCUT2D eigenvalue weighted by molar-refractivity contribution is 7.80. The van der Waals surface area contributed by atoms with E-state index in [2.05, 4.69) is 15.0 Å². The Kier molecular flexibility index (Phi) is 10.4. The number of rotatable bonds is 10. The number of nitrogens with zero attached hydrogens (tertiary/aromatic N) is 3. The zero-order valence-corrected chi connectivity index (χ0v) is 29.3. The molecule has 15 heteroatoms. The Labute approximate surface area is 290 Å². The van der Waals surface area contributed by atoms with Gasteiger partial charge in [-0.3, -0.25) is 23.9 Å². The van der Waals surface area contributed by atoms with Crippen LogP contribution in [0.5, 0.6) is 11.5 Å². The van der Waals surface area contributed by atoms with Crippen LogP contribution in [0.2, 0.25) is 0 Å². The zero-order chi connectivity index (χ0) is 35.6. The molecule has 0 spiro atoms. The molecule has 256 valence electrons. The van der Waals surface area contributed by atoms with Gasteiger partial charge in [0, 0.05) is 0 Å². The number of anilines is 1. The van der Waals surface area contributed by atoms with Crippen molar-refractivity contribution in [1.82, 2.24) is 9.88 Å². The van der Waals surface area contributed by atoms with Crippen LogP contribution in [0.25, 0.3) is 6.08 Å². The van der Waals surface area contributed by atoms with E-state index >= 15 is 0 Å². The minimum absolute atomic E-state index is 0.0612. The van der Waals surface area contributed by atoms with Gasteiger partial charge in [-0.2, -0.15) is 0 Å². The molecule has 13 nitrogen and oxygen atoms in total. The van der Waals surface area contributed by atoms with E-state index in [4.69, 9.17) is 26.4 Å². The summed E-state index contributed by atoms with van der Waals surface area (Å²) >= 11 is 6.33. The smallest absolute Gasteiger partial charge is 0.343 e. The normalized spacial score (nSPS) is 17.7. The Balaban J connectivity index is 1.63. The lowest BCUT2D eigenvalue weighted by molar-refractivity contribution is -0.143. The molecule has 5 rings (SSSR count). The molecule has 0 saturated carbocycles. The Hall–Kier alpha value is -5.15. The Bertz CT molecular complexity index is 2100. The molecular formula is C34H34N4O9S2. The molecule has 0 aliphatic carbocycles. The van der Waals surface area contributed by atoms with Gasteiger partial charge in [-0.05, 0) is 93.9 Å². The maximum absolute atomic E-state index is 14.2. The van der Waals surface area contributed by atoms with E-state index in [9.17, 15) is 24.0 Å². The number of nitrogens with one attached hydrogen (secondary N) is 1. The lowest BCUT2D eigenvalue weighted by atomic mass is 9.95. The molecular weight excluding hydrogens is 673 g/mol. The first-order valence-corrected chi connectivity index (χ1v) is 16.5. The number of thiazole rings is 1. The van der Waals surface area contributed by atoms with Gasteiger partial charge in [0.05, 0.1) is 47.9 Å². The van der Waals surface area contributed by atoms with E-state index in [0.717, 1.165) is 22.5 Å². The number of carbonyl (C=O) groups excluding carboxylic acids is 4. The van der Waals surface area contributed by atoms with E-state index in [1.807, 2.05) is 19.9 Å². The first-order chi connectivity index (χ1) is 23.4. The standard InChI is InChI=1S/C34H34N4O9S2/c1-7-45-24-14-20(10-12-23(24)47-16-26(39)44-6)28-27(32(43)46-8-2)19(5)35-34-38(28)31(42)25(49-34)15-22-29(40)36-33(48)37(30(22)41)21-11-9-17(3)18(4)13-21/h9-15,22,28H,7-8,16H2,1-6H3,(H,36,40,48)/b25-15+/t22-,28-/m1/s1. The molecule has 1 saturated heterocycles. The van der Waals surface area contributed by atoms with E-state index in [-0.39, 0.29) is 51.3 Å². The van der Waals surface area contributed by atoms with Gasteiger partial charge in [-0.15, -0.1) is 0 Å². The van der Waals surface area contributed by atoms with Gasteiger partial charge in [-0.1, -0.05) is 23.5 Å². The van der Waals surface area contributed by atoms with Crippen LogP contribution in [-0.2, 0) is 28.7 Å². The van der Waals surface area contributed by atoms with Crippen molar-refractivity contribution in [1.29, 1.82) is 0 Å². The van der Waals surface area contributed by atoms with Gasteiger partial charge in [0.15, 0.2) is 28.0 Å². The number of hydrogen-bond donors (Lipinski definition) is 1. The number of amides is 2. The number of ether oxygens (including phenoxy) is 4. The lowest BCUT2D eigenvalue weighted by Gasteiger charge is -2.31. The van der Waals surface area contributed by atoms with Crippen LogP contribution in [-0.4, -0.2) is 60.4 Å². The van der Waals surface area contributed by atoms with Crippen LogP contribution < -0.4 is 34.6 Å². The molecule has 1 aromatic heterocycles. The molecule has 3 heterocycles. The number of hydrogen-bond acceptors (Lipinski definition) is 12. The summed E-state index contributed by atoms with van der Waals surface area (Å²) in [7, 11) is 1.24. The summed E-state index contributed by atoms with van der Waals surface area (Å²) in [5.41, 5.74) is 2.73. The number of carbonyl (C=O) groups is 4. The predicted octanol–water partition coefficient (Wildman–Crippen LogP) is 2.38. The number of allylic oxidation sites excluding steroid dienone is 1. The van der Waals surface area contributed by atoms with Gasteiger partial charge in [0.1, 0.15) is 5.92 Å². The van der Waals surface area contributed by atoms with Crippen molar-refractivity contribution in [3.63, 3.8) is 0 Å². The monoisotopic (exact) mass is 706 g/mol. The second kappa shape index (κ2) is 14.5. The number of thiocarbonyl (C=S) groups is 1. The van der Waals surface area contributed by atoms with Crippen LogP contribution in [0.4, 0.5) is 5.69 Å². The Morgan fingerprint density at radius 3 is 2.43 bits per heavy atom. The molecule has 2 aliphatic heterocycles. The molecule has 0 radical (unpaired) electrons. The summed E-state index contributed by atoms with van der Waals surface area (Å²) in [6, 6.07) is 9.16. The van der Waals surface area contributed by atoms with Crippen molar-refractivity contribution >= 4 is 64.2 Å². The maximum Gasteiger partial charge on any atom is 0.343 e. The molecule has 2 amide bonds. The Morgan fingerprint density at radius 2 is 1.76 bits per heavy atom. The van der Waals surface area contributed by atoms with Crippen molar-refractivity contribution < 1.29 is 38.1 Å². The van der Waals surface area contributed by atoms with Crippen LogP contribution in [0.3, 0.4) is 0 Å². The number of esters is 2. The summed E-state index contributed by atoms with van der Waals surface area (Å²) in [6.07, 6.45) is 1.30. The molecule has 1 N–H and O–H groups in total. The van der Waals surface area contributed by atoms with Crippen molar-refractivity contribution in [2.24, 2.45) is 10.9 Å². The SMILES string of the molecule is CCOC(=O)C1=C(C)N=c2s/c(=C/[C@@H]3C(=O)NC(=S)N(c4ccc(C)c(C)c4)C3=O)c(=O)n2[C@@H]1c1ccc(OCC(=O)OC)c(OCC)c1. The Morgan fingerprint density at radius 1 is 1.00 bits per heavy atom. The average Bonchev–Trinajstić information content (AvgIpc) is 3.37. The van der Waals surface area contributed by atoms with Gasteiger partial charge in [0.25, 0.3) is 5.56 Å². The fraction of sp³-hybridized carbons (Fsp3) is 0.324. The number of benzene rings is 2. The highest BCUT2D eigenvalue weighted by atomic mass is 32.1. The van der Waals surface area contributed by atoms with Crippen molar-refractivity contribution in [3.8, 4) is 11.5 Å². The molecule has 0 bridgehead atoms. The molecule has 3 aromatic rings. The summed E-state index contributed by atoms with van der Waals surface area (Å²) < 4.78 is 22.8. The van der Waals surface area contributed by atoms with Crippen LogP contribution in [0.1, 0.15) is 43.5 Å². The molecule has 1 fully saturated rings. The van der Waals surface area contributed by atoms with Crippen molar-refractivity contribution in [2.45, 2.75) is 40.7 Å².